The maximum atomic E-state index is 14.4. The van der Waals surface area contributed by atoms with Crippen LogP contribution < -0.4 is 21.1 Å². The third kappa shape index (κ3) is 7.17. The highest BCUT2D eigenvalue weighted by molar-refractivity contribution is 7.93. The lowest BCUT2D eigenvalue weighted by atomic mass is 10.2. The first kappa shape index (κ1) is 22.8. The summed E-state index contributed by atoms with van der Waals surface area (Å²) in [7, 11) is -4.10. The SMILES string of the molecule is C[C@@H](N)CNCCCCCNc1cc(F)c(S(=O)(=O)Nc2nccs2)cc1Cl. The van der Waals surface area contributed by atoms with Crippen LogP contribution in [0.4, 0.5) is 15.2 Å². The van der Waals surface area contributed by atoms with Gasteiger partial charge in [-0.1, -0.05) is 18.0 Å². The molecular formula is C17H25ClFN5O2S2. The molecule has 0 bridgehead atoms. The zero-order valence-corrected chi connectivity index (χ0v) is 17.9. The number of hydrogen-bond donors (Lipinski definition) is 4. The molecule has 0 amide bonds. The minimum Gasteiger partial charge on any atom is -0.384 e. The third-order valence-electron chi connectivity index (χ3n) is 3.78. The summed E-state index contributed by atoms with van der Waals surface area (Å²) in [5, 5.41) is 8.23. The van der Waals surface area contributed by atoms with Gasteiger partial charge in [0.05, 0.1) is 10.7 Å². The summed E-state index contributed by atoms with van der Waals surface area (Å²) < 4.78 is 41.3. The van der Waals surface area contributed by atoms with Crippen molar-refractivity contribution in [3.63, 3.8) is 0 Å². The molecule has 0 aliphatic heterocycles. The van der Waals surface area contributed by atoms with E-state index in [0.717, 1.165) is 55.8 Å². The van der Waals surface area contributed by atoms with Crippen LogP contribution in [0.2, 0.25) is 5.02 Å². The van der Waals surface area contributed by atoms with Gasteiger partial charge in [-0.25, -0.2) is 17.8 Å². The number of halogens is 2. The maximum absolute atomic E-state index is 14.4. The molecule has 0 fully saturated rings. The number of nitrogens with two attached hydrogens (primary N) is 1. The number of nitrogens with one attached hydrogen (secondary N) is 3. The van der Waals surface area contributed by atoms with E-state index in [0.29, 0.717) is 12.2 Å². The Labute approximate surface area is 173 Å². The maximum Gasteiger partial charge on any atom is 0.266 e. The van der Waals surface area contributed by atoms with Crippen molar-refractivity contribution in [1.82, 2.24) is 10.3 Å². The Balaban J connectivity index is 1.86. The zero-order chi connectivity index (χ0) is 20.6. The lowest BCUT2D eigenvalue weighted by molar-refractivity contribution is 0.569. The molecule has 2 aromatic rings. The van der Waals surface area contributed by atoms with Gasteiger partial charge in [-0.15, -0.1) is 11.3 Å². The average molecular weight is 450 g/mol. The van der Waals surface area contributed by atoms with Gasteiger partial charge < -0.3 is 16.4 Å². The summed E-state index contributed by atoms with van der Waals surface area (Å²) in [5.74, 6) is -0.879. The zero-order valence-electron chi connectivity index (χ0n) is 15.5. The second-order valence-corrected chi connectivity index (χ2v) is 9.33. The summed E-state index contributed by atoms with van der Waals surface area (Å²) in [6.45, 7) is 4.25. The van der Waals surface area contributed by atoms with Crippen LogP contribution >= 0.6 is 22.9 Å². The number of aromatic nitrogens is 1. The molecular weight excluding hydrogens is 425 g/mol. The Morgan fingerprint density at radius 2 is 2.04 bits per heavy atom. The van der Waals surface area contributed by atoms with Crippen LogP contribution in [0.15, 0.2) is 28.6 Å². The van der Waals surface area contributed by atoms with Crippen LogP contribution in [0.3, 0.4) is 0 Å². The van der Waals surface area contributed by atoms with E-state index in [1.54, 1.807) is 5.38 Å². The summed E-state index contributed by atoms with van der Waals surface area (Å²) in [6.07, 6.45) is 4.33. The van der Waals surface area contributed by atoms with Gasteiger partial charge in [-0.05, 0) is 38.4 Å². The van der Waals surface area contributed by atoms with Crippen LogP contribution in [-0.4, -0.2) is 39.1 Å². The van der Waals surface area contributed by atoms with Gasteiger partial charge in [0.15, 0.2) is 5.13 Å². The van der Waals surface area contributed by atoms with Crippen LogP contribution in [0.1, 0.15) is 26.2 Å². The van der Waals surface area contributed by atoms with Crippen LogP contribution in [0, 0.1) is 5.82 Å². The minimum absolute atomic E-state index is 0.138. The first-order valence-electron chi connectivity index (χ1n) is 8.91. The number of sulfonamides is 1. The van der Waals surface area contributed by atoms with Crippen molar-refractivity contribution in [1.29, 1.82) is 0 Å². The van der Waals surface area contributed by atoms with Gasteiger partial charge in [0, 0.05) is 30.7 Å². The van der Waals surface area contributed by atoms with Gasteiger partial charge >= 0.3 is 0 Å². The topological polar surface area (TPSA) is 109 Å². The minimum atomic E-state index is -4.10. The highest BCUT2D eigenvalue weighted by Gasteiger charge is 2.22. The van der Waals surface area contributed by atoms with E-state index in [9.17, 15) is 12.8 Å². The Morgan fingerprint density at radius 3 is 2.71 bits per heavy atom. The van der Waals surface area contributed by atoms with E-state index in [-0.39, 0.29) is 16.2 Å². The number of anilines is 2. The van der Waals surface area contributed by atoms with E-state index < -0.39 is 20.7 Å². The van der Waals surface area contributed by atoms with Crippen molar-refractivity contribution in [3.8, 4) is 0 Å². The number of thiazole rings is 1. The molecule has 0 saturated carbocycles. The summed E-state index contributed by atoms with van der Waals surface area (Å²) in [6, 6.07) is 2.35. The van der Waals surface area contributed by atoms with Crippen LogP contribution in [0.5, 0.6) is 0 Å². The Hall–Kier alpha value is -1.46. The van der Waals surface area contributed by atoms with Gasteiger partial charge in [0.25, 0.3) is 10.0 Å². The molecule has 5 N–H and O–H groups in total. The van der Waals surface area contributed by atoms with Crippen molar-refractivity contribution in [3.05, 3.63) is 34.5 Å². The molecule has 0 radical (unpaired) electrons. The van der Waals surface area contributed by atoms with Crippen molar-refractivity contribution < 1.29 is 12.8 Å². The molecule has 0 aliphatic rings. The van der Waals surface area contributed by atoms with Crippen LogP contribution in [0.25, 0.3) is 0 Å². The second-order valence-electron chi connectivity index (χ2n) is 6.37. The summed E-state index contributed by atoms with van der Waals surface area (Å²) in [5.41, 5.74) is 6.02. The molecule has 0 aliphatic carbocycles. The van der Waals surface area contributed by atoms with E-state index in [4.69, 9.17) is 17.3 Å². The number of rotatable bonds is 12. The van der Waals surface area contributed by atoms with Crippen molar-refractivity contribution >= 4 is 43.8 Å². The molecule has 2 rings (SSSR count). The van der Waals surface area contributed by atoms with Crippen molar-refractivity contribution in [2.45, 2.75) is 37.1 Å². The van der Waals surface area contributed by atoms with Crippen molar-refractivity contribution in [2.24, 2.45) is 5.73 Å². The van der Waals surface area contributed by atoms with Crippen molar-refractivity contribution in [2.75, 3.05) is 29.7 Å². The summed E-state index contributed by atoms with van der Waals surface area (Å²) >= 11 is 7.24. The van der Waals surface area contributed by atoms with Gasteiger partial charge in [0.2, 0.25) is 0 Å². The fourth-order valence-electron chi connectivity index (χ4n) is 2.42. The number of nitrogens with zero attached hydrogens (tertiary/aromatic N) is 1. The highest BCUT2D eigenvalue weighted by atomic mass is 35.5. The van der Waals surface area contributed by atoms with Gasteiger partial charge in [-0.2, -0.15) is 0 Å². The predicted octanol–water partition coefficient (Wildman–Crippen LogP) is 3.26. The molecule has 1 aromatic carbocycles. The smallest absolute Gasteiger partial charge is 0.266 e. The fraction of sp³-hybridized carbons (Fsp3) is 0.471. The second kappa shape index (κ2) is 10.9. The number of hydrogen-bond acceptors (Lipinski definition) is 7. The molecule has 156 valence electrons. The normalized spacial score (nSPS) is 12.7. The predicted molar refractivity (Wildman–Crippen MR) is 113 cm³/mol. The first-order chi connectivity index (χ1) is 13.3. The molecule has 7 nitrogen and oxygen atoms in total. The molecule has 1 atom stereocenters. The Morgan fingerprint density at radius 1 is 1.29 bits per heavy atom. The molecule has 0 unspecified atom stereocenters. The Bertz CT molecular complexity index is 847. The number of unbranched alkanes of at least 4 members (excludes halogenated alkanes) is 2. The molecule has 11 heteroatoms. The van der Waals surface area contributed by atoms with E-state index in [1.165, 1.54) is 6.20 Å². The monoisotopic (exact) mass is 449 g/mol. The van der Waals surface area contributed by atoms with E-state index >= 15 is 0 Å². The molecule has 1 aromatic heterocycles. The summed E-state index contributed by atoms with van der Waals surface area (Å²) in [4.78, 5) is 3.32. The van der Waals surface area contributed by atoms with Gasteiger partial charge in [-0.3, -0.25) is 4.72 Å². The van der Waals surface area contributed by atoms with E-state index in [1.807, 2.05) is 6.92 Å². The Kier molecular flexibility index (Phi) is 8.90. The lowest BCUT2D eigenvalue weighted by Gasteiger charge is -2.12. The number of benzene rings is 1. The lowest BCUT2D eigenvalue weighted by Crippen LogP contribution is -2.31. The van der Waals surface area contributed by atoms with E-state index in [2.05, 4.69) is 20.3 Å². The third-order valence-corrected chi connectivity index (χ3v) is 6.26. The molecule has 28 heavy (non-hydrogen) atoms. The fourth-order valence-corrected chi connectivity index (χ4v) is 4.59. The quantitative estimate of drug-likeness (QED) is 0.370. The largest absolute Gasteiger partial charge is 0.384 e. The van der Waals surface area contributed by atoms with Gasteiger partial charge in [0.1, 0.15) is 10.7 Å². The highest BCUT2D eigenvalue weighted by Crippen LogP contribution is 2.29. The average Bonchev–Trinajstić information content (AvgIpc) is 3.11. The molecule has 0 spiro atoms. The molecule has 0 saturated heterocycles. The first-order valence-corrected chi connectivity index (χ1v) is 11.6. The van der Waals surface area contributed by atoms with Crippen LogP contribution in [-0.2, 0) is 10.0 Å². The standard InChI is InChI=1S/C17H25ClFN5O2S2/c1-12(20)11-21-5-3-2-4-6-22-15-10-14(19)16(9-13(15)18)28(25,26)24-17-23-7-8-27-17/h7-10,12,21-22H,2-6,11,20H2,1H3,(H,23,24)/t12-/m1/s1. The molecule has 1 heterocycles.